The molecule has 1 aromatic carbocycles. The normalized spacial score (nSPS) is 14.7. The van der Waals surface area contributed by atoms with Crippen molar-refractivity contribution in [2.75, 3.05) is 37.7 Å². The van der Waals surface area contributed by atoms with E-state index in [1.54, 1.807) is 28.0 Å². The van der Waals surface area contributed by atoms with E-state index in [9.17, 15) is 18.0 Å². The quantitative estimate of drug-likeness (QED) is 0.589. The minimum absolute atomic E-state index is 0.0728. The summed E-state index contributed by atoms with van der Waals surface area (Å²) in [6.45, 7) is 1.76. The van der Waals surface area contributed by atoms with Crippen molar-refractivity contribution in [1.29, 1.82) is 0 Å². The number of alkyl halides is 3. The standard InChI is InChI=1S/C19H17Cl3F3N3O2/c20-13-2-1-3-15(17(13)22)30-9-4-16(29)27-5-7-28(8-6-27)18-14(21)10-12(11-26-18)19(23,24)25/h1-3,10-11H,4-9H2. The number of nitrogens with zero attached hydrogens (tertiary/aromatic N) is 3. The third-order valence-electron chi connectivity index (χ3n) is 4.57. The maximum atomic E-state index is 12.8. The van der Waals surface area contributed by atoms with E-state index in [0.717, 1.165) is 12.3 Å². The van der Waals surface area contributed by atoms with Gasteiger partial charge in [0.15, 0.2) is 0 Å². The van der Waals surface area contributed by atoms with Crippen molar-refractivity contribution < 1.29 is 22.7 Å². The largest absolute Gasteiger partial charge is 0.491 e. The number of anilines is 1. The topological polar surface area (TPSA) is 45.7 Å². The second-order valence-corrected chi connectivity index (χ2v) is 7.74. The highest BCUT2D eigenvalue weighted by molar-refractivity contribution is 6.42. The van der Waals surface area contributed by atoms with Crippen LogP contribution in [0.4, 0.5) is 19.0 Å². The van der Waals surface area contributed by atoms with Crippen molar-refractivity contribution in [1.82, 2.24) is 9.88 Å². The Morgan fingerprint density at radius 1 is 1.10 bits per heavy atom. The van der Waals surface area contributed by atoms with Crippen LogP contribution < -0.4 is 9.64 Å². The Bertz CT molecular complexity index is 920. The molecule has 5 nitrogen and oxygen atoms in total. The first-order chi connectivity index (χ1) is 14.2. The van der Waals surface area contributed by atoms with Gasteiger partial charge in [-0.1, -0.05) is 40.9 Å². The third kappa shape index (κ3) is 5.42. The molecular formula is C19H17Cl3F3N3O2. The number of halogens is 6. The van der Waals surface area contributed by atoms with Gasteiger partial charge in [0.05, 0.1) is 28.6 Å². The van der Waals surface area contributed by atoms with Crippen LogP contribution in [-0.2, 0) is 11.0 Å². The zero-order valence-corrected chi connectivity index (χ0v) is 17.8. The molecule has 11 heteroatoms. The number of rotatable bonds is 5. The summed E-state index contributed by atoms with van der Waals surface area (Å²) < 4.78 is 43.8. The molecule has 1 aromatic heterocycles. The first-order valence-corrected chi connectivity index (χ1v) is 10.1. The molecular weight excluding hydrogens is 466 g/mol. The number of carbonyl (C=O) groups is 1. The summed E-state index contributed by atoms with van der Waals surface area (Å²) in [5, 5.41) is 0.588. The number of hydrogen-bond acceptors (Lipinski definition) is 4. The van der Waals surface area contributed by atoms with Crippen molar-refractivity contribution in [3.8, 4) is 5.75 Å². The van der Waals surface area contributed by atoms with Gasteiger partial charge in [0.25, 0.3) is 0 Å². The molecule has 1 fully saturated rings. The SMILES string of the molecule is O=C(CCOc1cccc(Cl)c1Cl)N1CCN(c2ncc(C(F)(F)F)cc2Cl)CC1. The van der Waals surface area contributed by atoms with Crippen LogP contribution in [0.2, 0.25) is 15.1 Å². The lowest BCUT2D eigenvalue weighted by Gasteiger charge is -2.35. The van der Waals surface area contributed by atoms with Crippen LogP contribution in [0.15, 0.2) is 30.5 Å². The van der Waals surface area contributed by atoms with E-state index >= 15 is 0 Å². The predicted molar refractivity (Wildman–Crippen MR) is 110 cm³/mol. The van der Waals surface area contributed by atoms with Crippen molar-refractivity contribution in [3.63, 3.8) is 0 Å². The molecule has 1 aliphatic heterocycles. The summed E-state index contributed by atoms with van der Waals surface area (Å²) in [7, 11) is 0. The first-order valence-electron chi connectivity index (χ1n) is 8.99. The number of piperazine rings is 1. The van der Waals surface area contributed by atoms with Crippen molar-refractivity contribution >= 4 is 46.5 Å². The minimum Gasteiger partial charge on any atom is -0.491 e. The van der Waals surface area contributed by atoms with Gasteiger partial charge < -0.3 is 14.5 Å². The molecule has 1 amide bonds. The zero-order valence-electron chi connectivity index (χ0n) is 15.6. The van der Waals surface area contributed by atoms with Gasteiger partial charge in [0, 0.05) is 32.4 Å². The highest BCUT2D eigenvalue weighted by Gasteiger charge is 2.32. The average Bonchev–Trinajstić information content (AvgIpc) is 2.70. The van der Waals surface area contributed by atoms with Crippen LogP contribution in [0.25, 0.3) is 0 Å². The fraction of sp³-hybridized carbons (Fsp3) is 0.368. The maximum Gasteiger partial charge on any atom is 0.417 e. The number of pyridine rings is 1. The van der Waals surface area contributed by atoms with Gasteiger partial charge in [0.2, 0.25) is 5.91 Å². The van der Waals surface area contributed by atoms with E-state index in [0.29, 0.717) is 42.0 Å². The summed E-state index contributed by atoms with van der Waals surface area (Å²) in [5.41, 5.74) is -0.898. The lowest BCUT2D eigenvalue weighted by molar-refractivity contribution is -0.138. The molecule has 1 aliphatic rings. The second kappa shape index (κ2) is 9.49. The predicted octanol–water partition coefficient (Wildman–Crippen LogP) is 5.18. The van der Waals surface area contributed by atoms with E-state index in [1.165, 1.54) is 0 Å². The van der Waals surface area contributed by atoms with Crippen LogP contribution in [0.1, 0.15) is 12.0 Å². The van der Waals surface area contributed by atoms with Gasteiger partial charge in [-0.2, -0.15) is 13.2 Å². The van der Waals surface area contributed by atoms with Gasteiger partial charge in [-0.05, 0) is 18.2 Å². The summed E-state index contributed by atoms with van der Waals surface area (Å²) in [6.07, 6.45) is -3.59. The Morgan fingerprint density at radius 2 is 1.80 bits per heavy atom. The number of benzene rings is 1. The fourth-order valence-corrected chi connectivity index (χ4v) is 3.62. The number of aromatic nitrogens is 1. The van der Waals surface area contributed by atoms with Gasteiger partial charge in [0.1, 0.15) is 16.6 Å². The second-order valence-electron chi connectivity index (χ2n) is 6.55. The number of ether oxygens (including phenoxy) is 1. The van der Waals surface area contributed by atoms with Crippen LogP contribution in [-0.4, -0.2) is 48.6 Å². The molecule has 0 bridgehead atoms. The summed E-state index contributed by atoms with van der Waals surface area (Å²) in [4.78, 5) is 19.7. The number of carbonyl (C=O) groups excluding carboxylic acids is 1. The molecule has 30 heavy (non-hydrogen) atoms. The molecule has 0 N–H and O–H groups in total. The summed E-state index contributed by atoms with van der Waals surface area (Å²) in [6, 6.07) is 5.86. The van der Waals surface area contributed by atoms with Gasteiger partial charge in [-0.15, -0.1) is 0 Å². The Kier molecular flexibility index (Phi) is 7.21. The van der Waals surface area contributed by atoms with Crippen LogP contribution >= 0.6 is 34.8 Å². The van der Waals surface area contributed by atoms with E-state index in [-0.39, 0.29) is 29.8 Å². The monoisotopic (exact) mass is 481 g/mol. The molecule has 0 atom stereocenters. The highest BCUT2D eigenvalue weighted by Crippen LogP contribution is 2.34. The molecule has 2 heterocycles. The zero-order chi connectivity index (χ0) is 21.9. The van der Waals surface area contributed by atoms with E-state index in [1.807, 2.05) is 0 Å². The highest BCUT2D eigenvalue weighted by atomic mass is 35.5. The van der Waals surface area contributed by atoms with Gasteiger partial charge in [-0.25, -0.2) is 4.98 Å². The Labute approximate surface area is 186 Å². The molecule has 0 aliphatic carbocycles. The van der Waals surface area contributed by atoms with Crippen LogP contribution in [0, 0.1) is 0 Å². The number of hydrogen-bond donors (Lipinski definition) is 0. The van der Waals surface area contributed by atoms with Crippen LogP contribution in [0.5, 0.6) is 5.75 Å². The summed E-state index contributed by atoms with van der Waals surface area (Å²) >= 11 is 18.0. The molecule has 0 saturated carbocycles. The van der Waals surface area contributed by atoms with E-state index in [2.05, 4.69) is 4.98 Å². The van der Waals surface area contributed by atoms with E-state index in [4.69, 9.17) is 39.5 Å². The molecule has 1 saturated heterocycles. The average molecular weight is 483 g/mol. The molecule has 0 unspecified atom stereocenters. The van der Waals surface area contributed by atoms with Crippen LogP contribution in [0.3, 0.4) is 0 Å². The molecule has 3 rings (SSSR count). The summed E-state index contributed by atoms with van der Waals surface area (Å²) in [5.74, 6) is 0.583. The number of amides is 1. The lowest BCUT2D eigenvalue weighted by Crippen LogP contribution is -2.49. The van der Waals surface area contributed by atoms with Crippen molar-refractivity contribution in [2.24, 2.45) is 0 Å². The minimum atomic E-state index is -4.50. The first kappa shape index (κ1) is 22.8. The fourth-order valence-electron chi connectivity index (χ4n) is 2.99. The molecule has 2 aromatic rings. The van der Waals surface area contributed by atoms with E-state index < -0.39 is 11.7 Å². The molecule has 0 spiro atoms. The Morgan fingerprint density at radius 3 is 2.43 bits per heavy atom. The smallest absolute Gasteiger partial charge is 0.417 e. The van der Waals surface area contributed by atoms with Gasteiger partial charge in [-0.3, -0.25) is 4.79 Å². The Hall–Kier alpha value is -1.90. The third-order valence-corrected chi connectivity index (χ3v) is 5.65. The molecule has 0 radical (unpaired) electrons. The maximum absolute atomic E-state index is 12.8. The van der Waals surface area contributed by atoms with Crippen molar-refractivity contribution in [3.05, 3.63) is 51.1 Å². The van der Waals surface area contributed by atoms with Crippen molar-refractivity contribution in [2.45, 2.75) is 12.6 Å². The Balaban J connectivity index is 1.50. The lowest BCUT2D eigenvalue weighted by atomic mass is 10.2. The molecule has 162 valence electrons. The van der Waals surface area contributed by atoms with Gasteiger partial charge >= 0.3 is 6.18 Å².